The van der Waals surface area contributed by atoms with Crippen LogP contribution in [0, 0.1) is 0 Å². The molecule has 0 aliphatic carbocycles. The van der Waals surface area contributed by atoms with Crippen LogP contribution in [0.4, 0.5) is 0 Å². The summed E-state index contributed by atoms with van der Waals surface area (Å²) in [5, 5.41) is 4.09. The highest BCUT2D eigenvalue weighted by atomic mass is 35.5. The van der Waals surface area contributed by atoms with E-state index in [0.717, 1.165) is 49.0 Å². The molecule has 2 aliphatic rings. The third-order valence-electron chi connectivity index (χ3n) is 4.76. The summed E-state index contributed by atoms with van der Waals surface area (Å²) in [5.74, 6) is 1.04. The number of hydrogen-bond donors (Lipinski definition) is 1. The van der Waals surface area contributed by atoms with Gasteiger partial charge in [-0.05, 0) is 37.5 Å². The van der Waals surface area contributed by atoms with Crippen LogP contribution in [0.3, 0.4) is 0 Å². The molecule has 2 fully saturated rings. The van der Waals surface area contributed by atoms with Crippen LogP contribution in [0.2, 0.25) is 5.02 Å². The predicted octanol–water partition coefficient (Wildman–Crippen LogP) is 2.13. The SMILES string of the molecule is CCNC(=NCc1ccc(Cl)cc1)N1CCN(C(=O)C2CCCO2)CC1. The fraction of sp³-hybridized carbons (Fsp3) is 0.579. The van der Waals surface area contributed by atoms with Crippen LogP contribution in [0.1, 0.15) is 25.3 Å². The van der Waals surface area contributed by atoms with Crippen molar-refractivity contribution in [2.45, 2.75) is 32.4 Å². The van der Waals surface area contributed by atoms with E-state index >= 15 is 0 Å². The highest BCUT2D eigenvalue weighted by Crippen LogP contribution is 2.16. The maximum Gasteiger partial charge on any atom is 0.251 e. The second kappa shape index (κ2) is 9.24. The molecule has 3 rings (SSSR count). The molecule has 2 aliphatic heterocycles. The number of benzene rings is 1. The van der Waals surface area contributed by atoms with E-state index in [0.29, 0.717) is 26.2 Å². The zero-order valence-electron chi connectivity index (χ0n) is 15.3. The van der Waals surface area contributed by atoms with Gasteiger partial charge in [-0.25, -0.2) is 4.99 Å². The topological polar surface area (TPSA) is 57.2 Å². The van der Waals surface area contributed by atoms with E-state index in [1.165, 1.54) is 0 Å². The third kappa shape index (κ3) is 4.89. The van der Waals surface area contributed by atoms with Gasteiger partial charge in [-0.1, -0.05) is 23.7 Å². The molecule has 1 aromatic carbocycles. The molecule has 142 valence electrons. The van der Waals surface area contributed by atoms with Gasteiger partial charge < -0.3 is 19.9 Å². The number of hydrogen-bond acceptors (Lipinski definition) is 3. The van der Waals surface area contributed by atoms with E-state index in [-0.39, 0.29) is 12.0 Å². The number of piperazine rings is 1. The van der Waals surface area contributed by atoms with E-state index in [1.807, 2.05) is 29.2 Å². The molecular formula is C19H27ClN4O2. The van der Waals surface area contributed by atoms with Crippen LogP contribution in [-0.2, 0) is 16.1 Å². The fourth-order valence-corrected chi connectivity index (χ4v) is 3.42. The number of amides is 1. The highest BCUT2D eigenvalue weighted by Gasteiger charge is 2.30. The first-order chi connectivity index (χ1) is 12.7. The number of aliphatic imine (C=N–C) groups is 1. The summed E-state index contributed by atoms with van der Waals surface area (Å²) in [6, 6.07) is 7.75. The van der Waals surface area contributed by atoms with Crippen molar-refractivity contribution >= 4 is 23.5 Å². The summed E-state index contributed by atoms with van der Waals surface area (Å²) in [6.45, 7) is 7.18. The highest BCUT2D eigenvalue weighted by molar-refractivity contribution is 6.30. The first-order valence-electron chi connectivity index (χ1n) is 9.35. The summed E-state index contributed by atoms with van der Waals surface area (Å²) in [6.07, 6.45) is 1.61. The van der Waals surface area contributed by atoms with Gasteiger partial charge in [0.2, 0.25) is 0 Å². The monoisotopic (exact) mass is 378 g/mol. The number of carbonyl (C=O) groups excluding carboxylic acids is 1. The van der Waals surface area contributed by atoms with Gasteiger partial charge in [-0.3, -0.25) is 4.79 Å². The lowest BCUT2D eigenvalue weighted by molar-refractivity contribution is -0.142. The Kier molecular flexibility index (Phi) is 6.74. The van der Waals surface area contributed by atoms with Crippen molar-refractivity contribution in [3.8, 4) is 0 Å². The van der Waals surface area contributed by atoms with Crippen molar-refractivity contribution < 1.29 is 9.53 Å². The van der Waals surface area contributed by atoms with Crippen LogP contribution >= 0.6 is 11.6 Å². The minimum Gasteiger partial charge on any atom is -0.368 e. The van der Waals surface area contributed by atoms with Crippen LogP contribution in [0.5, 0.6) is 0 Å². The number of rotatable bonds is 4. The van der Waals surface area contributed by atoms with Crippen LogP contribution < -0.4 is 5.32 Å². The van der Waals surface area contributed by atoms with Gasteiger partial charge in [-0.15, -0.1) is 0 Å². The Bertz CT molecular complexity index is 621. The molecule has 2 saturated heterocycles. The molecule has 0 saturated carbocycles. The van der Waals surface area contributed by atoms with Gasteiger partial charge >= 0.3 is 0 Å². The van der Waals surface area contributed by atoms with Crippen molar-refractivity contribution in [1.82, 2.24) is 15.1 Å². The zero-order valence-corrected chi connectivity index (χ0v) is 16.0. The summed E-state index contributed by atoms with van der Waals surface area (Å²) in [7, 11) is 0. The summed E-state index contributed by atoms with van der Waals surface area (Å²) >= 11 is 5.93. The second-order valence-corrected chi connectivity index (χ2v) is 7.05. The third-order valence-corrected chi connectivity index (χ3v) is 5.01. The van der Waals surface area contributed by atoms with Crippen molar-refractivity contribution in [1.29, 1.82) is 0 Å². The first-order valence-corrected chi connectivity index (χ1v) is 9.73. The molecule has 1 amide bonds. The Morgan fingerprint density at radius 1 is 1.23 bits per heavy atom. The Labute approximate surface area is 160 Å². The molecule has 7 heteroatoms. The average molecular weight is 379 g/mol. The maximum absolute atomic E-state index is 12.5. The van der Waals surface area contributed by atoms with Gasteiger partial charge in [0.05, 0.1) is 6.54 Å². The predicted molar refractivity (Wildman–Crippen MR) is 103 cm³/mol. The van der Waals surface area contributed by atoms with E-state index in [1.54, 1.807) is 0 Å². The molecule has 0 bridgehead atoms. The lowest BCUT2D eigenvalue weighted by Crippen LogP contribution is -2.55. The van der Waals surface area contributed by atoms with Crippen molar-refractivity contribution in [2.75, 3.05) is 39.3 Å². The standard InChI is InChI=1S/C19H27ClN4O2/c1-2-21-19(22-14-15-5-7-16(20)8-6-15)24-11-9-23(10-12-24)18(25)17-4-3-13-26-17/h5-8,17H,2-4,9-14H2,1H3,(H,21,22). The van der Waals surface area contributed by atoms with Gasteiger partial charge in [0.25, 0.3) is 5.91 Å². The molecule has 1 N–H and O–H groups in total. The van der Waals surface area contributed by atoms with Gasteiger partial charge in [0.1, 0.15) is 6.10 Å². The van der Waals surface area contributed by atoms with E-state index < -0.39 is 0 Å². The molecule has 6 nitrogen and oxygen atoms in total. The molecule has 1 unspecified atom stereocenters. The Hall–Kier alpha value is -1.79. The van der Waals surface area contributed by atoms with Crippen molar-refractivity contribution in [2.24, 2.45) is 4.99 Å². The van der Waals surface area contributed by atoms with Gasteiger partial charge in [-0.2, -0.15) is 0 Å². The smallest absolute Gasteiger partial charge is 0.251 e. The lowest BCUT2D eigenvalue weighted by Gasteiger charge is -2.37. The molecule has 2 heterocycles. The van der Waals surface area contributed by atoms with Crippen molar-refractivity contribution in [3.63, 3.8) is 0 Å². The molecular weight excluding hydrogens is 352 g/mol. The van der Waals surface area contributed by atoms with Crippen LogP contribution in [-0.4, -0.2) is 67.1 Å². The number of ether oxygens (including phenoxy) is 1. The summed E-state index contributed by atoms with van der Waals surface area (Å²) in [4.78, 5) is 21.4. The molecule has 0 aromatic heterocycles. The molecule has 26 heavy (non-hydrogen) atoms. The number of nitrogens with zero attached hydrogens (tertiary/aromatic N) is 3. The molecule has 0 radical (unpaired) electrons. The van der Waals surface area contributed by atoms with E-state index in [2.05, 4.69) is 17.1 Å². The van der Waals surface area contributed by atoms with E-state index in [4.69, 9.17) is 21.3 Å². The normalized spacial score (nSPS) is 21.2. The number of carbonyl (C=O) groups is 1. The Morgan fingerprint density at radius 3 is 2.54 bits per heavy atom. The summed E-state index contributed by atoms with van der Waals surface area (Å²) < 4.78 is 5.53. The fourth-order valence-electron chi connectivity index (χ4n) is 3.30. The number of halogens is 1. The first kappa shape index (κ1) is 19.0. The minimum absolute atomic E-state index is 0.144. The van der Waals surface area contributed by atoms with Crippen LogP contribution in [0.25, 0.3) is 0 Å². The number of guanidine groups is 1. The average Bonchev–Trinajstić information content (AvgIpc) is 3.21. The summed E-state index contributed by atoms with van der Waals surface area (Å²) in [5.41, 5.74) is 1.12. The van der Waals surface area contributed by atoms with Crippen molar-refractivity contribution in [3.05, 3.63) is 34.9 Å². The molecule has 0 spiro atoms. The lowest BCUT2D eigenvalue weighted by atomic mass is 10.2. The van der Waals surface area contributed by atoms with Crippen LogP contribution in [0.15, 0.2) is 29.3 Å². The molecule has 1 atom stereocenters. The maximum atomic E-state index is 12.5. The minimum atomic E-state index is -0.228. The Balaban J connectivity index is 1.56. The number of nitrogens with one attached hydrogen (secondary N) is 1. The largest absolute Gasteiger partial charge is 0.368 e. The van der Waals surface area contributed by atoms with Gasteiger partial charge in [0, 0.05) is 44.4 Å². The van der Waals surface area contributed by atoms with E-state index in [9.17, 15) is 4.79 Å². The zero-order chi connectivity index (χ0) is 18.4. The Morgan fingerprint density at radius 2 is 1.92 bits per heavy atom. The van der Waals surface area contributed by atoms with Gasteiger partial charge in [0.15, 0.2) is 5.96 Å². The quantitative estimate of drug-likeness (QED) is 0.644. The molecule has 1 aromatic rings. The second-order valence-electron chi connectivity index (χ2n) is 6.61.